The van der Waals surface area contributed by atoms with Gasteiger partial charge >= 0.3 is 5.97 Å². The Morgan fingerprint density at radius 2 is 1.62 bits per heavy atom. The third-order valence-electron chi connectivity index (χ3n) is 3.72. The number of hydrogen-bond acceptors (Lipinski definition) is 5. The van der Waals surface area contributed by atoms with Gasteiger partial charge in [0, 0.05) is 12.0 Å². The van der Waals surface area contributed by atoms with E-state index in [4.69, 9.17) is 9.47 Å². The van der Waals surface area contributed by atoms with E-state index >= 15 is 0 Å². The van der Waals surface area contributed by atoms with E-state index in [0.717, 1.165) is 6.07 Å². The Balaban J connectivity index is 1.77. The fourth-order valence-electron chi connectivity index (χ4n) is 2.29. The van der Waals surface area contributed by atoms with Gasteiger partial charge in [-0.05, 0) is 43.3 Å². The molecule has 0 spiro atoms. The van der Waals surface area contributed by atoms with Gasteiger partial charge in [0.25, 0.3) is 5.91 Å². The molecule has 6 nitrogen and oxygen atoms in total. The minimum atomic E-state index is -1.73. The number of benzene rings is 2. The third-order valence-corrected chi connectivity index (χ3v) is 3.72. The van der Waals surface area contributed by atoms with Gasteiger partial charge in [0.2, 0.25) is 0 Å². The van der Waals surface area contributed by atoms with E-state index in [1.54, 1.807) is 24.3 Å². The Kier molecular flexibility index (Phi) is 7.76. The summed E-state index contributed by atoms with van der Waals surface area (Å²) in [5, 5.41) is 1.96. The van der Waals surface area contributed by atoms with Crippen molar-refractivity contribution in [2.75, 3.05) is 18.5 Å². The van der Waals surface area contributed by atoms with Crippen molar-refractivity contribution >= 4 is 23.3 Å². The maximum atomic E-state index is 13.5. The van der Waals surface area contributed by atoms with Crippen molar-refractivity contribution < 1.29 is 37.0 Å². The summed E-state index contributed by atoms with van der Waals surface area (Å²) >= 11 is 0. The zero-order valence-electron chi connectivity index (χ0n) is 15.5. The number of nitrogens with one attached hydrogen (secondary N) is 1. The minimum Gasteiger partial charge on any atom is -0.494 e. The third kappa shape index (κ3) is 6.34. The highest BCUT2D eigenvalue weighted by atomic mass is 19.2. The maximum Gasteiger partial charge on any atom is 0.306 e. The van der Waals surface area contributed by atoms with Gasteiger partial charge in [0.1, 0.15) is 5.75 Å². The van der Waals surface area contributed by atoms with Crippen LogP contribution < -0.4 is 10.1 Å². The summed E-state index contributed by atoms with van der Waals surface area (Å²) in [4.78, 5) is 35.4. The quantitative estimate of drug-likeness (QED) is 0.388. The SMILES string of the molecule is CCOc1ccc(C(=O)CCC(=O)OCC(=O)Nc2ccc(F)c(F)c2F)cc1. The Hall–Kier alpha value is -3.36. The van der Waals surface area contributed by atoms with Crippen LogP contribution in [0.1, 0.15) is 30.1 Å². The summed E-state index contributed by atoms with van der Waals surface area (Å²) in [5.41, 5.74) is -0.191. The first-order valence-corrected chi connectivity index (χ1v) is 8.66. The second kappa shape index (κ2) is 10.3. The predicted molar refractivity (Wildman–Crippen MR) is 97.1 cm³/mol. The van der Waals surface area contributed by atoms with Crippen molar-refractivity contribution in [1.29, 1.82) is 0 Å². The predicted octanol–water partition coefficient (Wildman–Crippen LogP) is 3.65. The monoisotopic (exact) mass is 409 g/mol. The van der Waals surface area contributed by atoms with Crippen LogP contribution in [0, 0.1) is 17.5 Å². The number of Topliss-reactive ketones (excluding diaryl/α,β-unsaturated/α-hetero) is 1. The Morgan fingerprint density at radius 1 is 0.931 bits per heavy atom. The number of carbonyl (C=O) groups excluding carboxylic acids is 3. The van der Waals surface area contributed by atoms with E-state index in [1.165, 1.54) is 0 Å². The second-order valence-electron chi connectivity index (χ2n) is 5.81. The molecular formula is C20H18F3NO5. The van der Waals surface area contributed by atoms with Crippen molar-refractivity contribution in [3.8, 4) is 5.75 Å². The fraction of sp³-hybridized carbons (Fsp3) is 0.250. The zero-order valence-corrected chi connectivity index (χ0v) is 15.5. The lowest BCUT2D eigenvalue weighted by molar-refractivity contribution is -0.147. The number of carbonyl (C=O) groups is 3. The number of amides is 1. The van der Waals surface area contributed by atoms with E-state index in [-0.39, 0.29) is 18.6 Å². The largest absolute Gasteiger partial charge is 0.494 e. The smallest absolute Gasteiger partial charge is 0.306 e. The molecular weight excluding hydrogens is 391 g/mol. The summed E-state index contributed by atoms with van der Waals surface area (Å²) in [7, 11) is 0. The number of rotatable bonds is 9. The van der Waals surface area contributed by atoms with Crippen molar-refractivity contribution in [1.82, 2.24) is 0 Å². The molecule has 0 bridgehead atoms. The molecule has 0 aromatic heterocycles. The summed E-state index contributed by atoms with van der Waals surface area (Å²) < 4.78 is 49.4. The number of halogens is 3. The lowest BCUT2D eigenvalue weighted by Gasteiger charge is -2.08. The molecule has 0 aliphatic rings. The lowest BCUT2D eigenvalue weighted by Crippen LogP contribution is -2.22. The molecule has 2 aromatic carbocycles. The number of ether oxygens (including phenoxy) is 2. The fourth-order valence-corrected chi connectivity index (χ4v) is 2.29. The van der Waals surface area contributed by atoms with Crippen LogP contribution in [0.3, 0.4) is 0 Å². The Morgan fingerprint density at radius 3 is 2.28 bits per heavy atom. The van der Waals surface area contributed by atoms with Gasteiger partial charge in [0.15, 0.2) is 29.8 Å². The van der Waals surface area contributed by atoms with Gasteiger partial charge in [-0.15, -0.1) is 0 Å². The average molecular weight is 409 g/mol. The van der Waals surface area contributed by atoms with E-state index in [0.29, 0.717) is 24.0 Å². The molecule has 29 heavy (non-hydrogen) atoms. The van der Waals surface area contributed by atoms with Crippen molar-refractivity contribution in [2.24, 2.45) is 0 Å². The van der Waals surface area contributed by atoms with Crippen molar-refractivity contribution in [2.45, 2.75) is 19.8 Å². The zero-order chi connectivity index (χ0) is 21.4. The van der Waals surface area contributed by atoms with Gasteiger partial charge in [-0.3, -0.25) is 14.4 Å². The van der Waals surface area contributed by atoms with Crippen LogP contribution in [-0.2, 0) is 14.3 Å². The number of esters is 1. The Bertz CT molecular complexity index is 900. The second-order valence-corrected chi connectivity index (χ2v) is 5.81. The van der Waals surface area contributed by atoms with Gasteiger partial charge in [0.05, 0.1) is 18.7 Å². The standard InChI is InChI=1S/C20H18F3NO5/c1-2-28-13-5-3-12(4-6-13)16(25)9-10-18(27)29-11-17(26)24-15-8-7-14(21)19(22)20(15)23/h3-8H,2,9-11H2,1H3,(H,24,26). The summed E-state index contributed by atoms with van der Waals surface area (Å²) in [6, 6.07) is 7.90. The van der Waals surface area contributed by atoms with E-state index in [2.05, 4.69) is 0 Å². The molecule has 154 valence electrons. The van der Waals surface area contributed by atoms with Crippen molar-refractivity contribution in [3.05, 3.63) is 59.4 Å². The van der Waals surface area contributed by atoms with Crippen LogP contribution in [0.25, 0.3) is 0 Å². The molecule has 0 radical (unpaired) electrons. The van der Waals surface area contributed by atoms with Crippen LogP contribution in [0.2, 0.25) is 0 Å². The van der Waals surface area contributed by atoms with E-state index in [1.807, 2.05) is 12.2 Å². The van der Waals surface area contributed by atoms with Crippen molar-refractivity contribution in [3.63, 3.8) is 0 Å². The van der Waals surface area contributed by atoms with Crippen LogP contribution >= 0.6 is 0 Å². The minimum absolute atomic E-state index is 0.133. The molecule has 1 amide bonds. The highest BCUT2D eigenvalue weighted by Crippen LogP contribution is 2.19. The van der Waals surface area contributed by atoms with Crippen LogP contribution in [0.5, 0.6) is 5.75 Å². The molecule has 0 heterocycles. The highest BCUT2D eigenvalue weighted by Gasteiger charge is 2.16. The van der Waals surface area contributed by atoms with Gasteiger partial charge in [-0.1, -0.05) is 0 Å². The molecule has 2 rings (SSSR count). The van der Waals surface area contributed by atoms with E-state index in [9.17, 15) is 27.6 Å². The first kappa shape index (κ1) is 21.9. The Labute approximate surface area is 164 Å². The highest BCUT2D eigenvalue weighted by molar-refractivity contribution is 5.98. The topological polar surface area (TPSA) is 81.7 Å². The number of hydrogen-bond donors (Lipinski definition) is 1. The molecule has 2 aromatic rings. The number of ketones is 1. The first-order valence-electron chi connectivity index (χ1n) is 8.66. The molecule has 0 saturated carbocycles. The molecule has 1 N–H and O–H groups in total. The molecule has 0 aliphatic heterocycles. The molecule has 0 atom stereocenters. The molecule has 0 saturated heterocycles. The molecule has 0 unspecified atom stereocenters. The average Bonchev–Trinajstić information content (AvgIpc) is 2.71. The maximum absolute atomic E-state index is 13.5. The van der Waals surface area contributed by atoms with Gasteiger partial charge in [-0.25, -0.2) is 13.2 Å². The van der Waals surface area contributed by atoms with Crippen LogP contribution in [0.4, 0.5) is 18.9 Å². The van der Waals surface area contributed by atoms with Crippen LogP contribution in [-0.4, -0.2) is 30.9 Å². The van der Waals surface area contributed by atoms with Gasteiger partial charge < -0.3 is 14.8 Å². The number of anilines is 1. The lowest BCUT2D eigenvalue weighted by atomic mass is 10.1. The van der Waals surface area contributed by atoms with Crippen LogP contribution in [0.15, 0.2) is 36.4 Å². The summed E-state index contributed by atoms with van der Waals surface area (Å²) in [5.74, 6) is -6.13. The van der Waals surface area contributed by atoms with E-state index < -0.39 is 41.6 Å². The summed E-state index contributed by atoms with van der Waals surface area (Å²) in [6.45, 7) is 1.56. The van der Waals surface area contributed by atoms with Gasteiger partial charge in [-0.2, -0.15) is 0 Å². The molecule has 0 aliphatic carbocycles. The molecule has 0 fully saturated rings. The normalized spacial score (nSPS) is 10.3. The summed E-state index contributed by atoms with van der Waals surface area (Å²) in [6.07, 6.45) is -0.398. The molecule has 9 heteroatoms. The first-order chi connectivity index (χ1) is 13.8.